The number of carbonyl (C=O) groups excluding carboxylic acids is 1. The Morgan fingerprint density at radius 3 is 2.61 bits per heavy atom. The molecule has 2 rings (SSSR count). The van der Waals surface area contributed by atoms with Gasteiger partial charge in [-0.05, 0) is 26.8 Å². The summed E-state index contributed by atoms with van der Waals surface area (Å²) in [5, 5.41) is 7.64. The van der Waals surface area contributed by atoms with E-state index in [9.17, 15) is 4.79 Å². The minimum Gasteiger partial charge on any atom is -0.379 e. The number of rotatable bonds is 8. The molecule has 1 aliphatic rings. The van der Waals surface area contributed by atoms with E-state index in [4.69, 9.17) is 4.74 Å². The van der Waals surface area contributed by atoms with Gasteiger partial charge >= 0.3 is 0 Å². The Morgan fingerprint density at radius 2 is 2.00 bits per heavy atom. The molecular formula is C18H33IN6O2S. The van der Waals surface area contributed by atoms with Crippen LogP contribution >= 0.6 is 35.3 Å². The summed E-state index contributed by atoms with van der Waals surface area (Å²) >= 11 is 1.68. The second-order valence-corrected chi connectivity index (χ2v) is 8.08. The average molecular weight is 524 g/mol. The van der Waals surface area contributed by atoms with Gasteiger partial charge in [-0.2, -0.15) is 0 Å². The second kappa shape index (κ2) is 13.3. The lowest BCUT2D eigenvalue weighted by Crippen LogP contribution is -2.41. The van der Waals surface area contributed by atoms with Crippen molar-refractivity contribution in [3.8, 4) is 0 Å². The summed E-state index contributed by atoms with van der Waals surface area (Å²) in [6, 6.07) is 0. The maximum Gasteiger partial charge on any atom is 0.243 e. The molecule has 8 nitrogen and oxygen atoms in total. The highest BCUT2D eigenvalue weighted by atomic mass is 127. The van der Waals surface area contributed by atoms with Crippen molar-refractivity contribution in [1.29, 1.82) is 0 Å². The summed E-state index contributed by atoms with van der Waals surface area (Å²) in [5.74, 6) is 0.628. The van der Waals surface area contributed by atoms with Gasteiger partial charge in [0, 0.05) is 38.6 Å². The molecular weight excluding hydrogens is 491 g/mol. The van der Waals surface area contributed by atoms with Crippen molar-refractivity contribution in [2.45, 2.75) is 26.8 Å². The molecule has 2 heterocycles. The van der Waals surface area contributed by atoms with Gasteiger partial charge in [0.1, 0.15) is 11.6 Å². The van der Waals surface area contributed by atoms with Crippen LogP contribution in [0.15, 0.2) is 4.99 Å². The molecule has 28 heavy (non-hydrogen) atoms. The van der Waals surface area contributed by atoms with E-state index in [0.717, 1.165) is 56.5 Å². The Kier molecular flexibility index (Phi) is 11.9. The van der Waals surface area contributed by atoms with Gasteiger partial charge in [0.2, 0.25) is 5.91 Å². The van der Waals surface area contributed by atoms with Crippen LogP contribution in [0.3, 0.4) is 0 Å². The predicted octanol–water partition coefficient (Wildman–Crippen LogP) is 1.22. The van der Waals surface area contributed by atoms with Crippen LogP contribution in [0.1, 0.15) is 22.0 Å². The second-order valence-electron chi connectivity index (χ2n) is 6.79. The van der Waals surface area contributed by atoms with E-state index in [1.165, 1.54) is 4.88 Å². The fourth-order valence-corrected chi connectivity index (χ4v) is 3.44. The molecule has 160 valence electrons. The van der Waals surface area contributed by atoms with Crippen molar-refractivity contribution in [3.05, 3.63) is 15.6 Å². The summed E-state index contributed by atoms with van der Waals surface area (Å²) in [6.45, 7) is 10.3. The number of aryl methyl sites for hydroxylation is 2. The van der Waals surface area contributed by atoms with E-state index >= 15 is 0 Å². The Morgan fingerprint density at radius 1 is 1.29 bits per heavy atom. The monoisotopic (exact) mass is 524 g/mol. The van der Waals surface area contributed by atoms with Crippen molar-refractivity contribution in [2.24, 2.45) is 4.99 Å². The van der Waals surface area contributed by atoms with Crippen LogP contribution < -0.4 is 10.6 Å². The molecule has 0 aliphatic carbocycles. The van der Waals surface area contributed by atoms with E-state index < -0.39 is 0 Å². The number of ether oxygens (including phenoxy) is 1. The SMILES string of the molecule is Cc1nc(CNC(=NCC(=O)N(C)C)NCCCN2CCOCC2)sc1C.I. The summed E-state index contributed by atoms with van der Waals surface area (Å²) in [5.41, 5.74) is 1.07. The fourth-order valence-electron chi connectivity index (χ4n) is 2.57. The number of aromatic nitrogens is 1. The van der Waals surface area contributed by atoms with Crippen LogP contribution in [0.25, 0.3) is 0 Å². The summed E-state index contributed by atoms with van der Waals surface area (Å²) in [6.07, 6.45) is 1.01. The molecule has 0 saturated carbocycles. The number of nitrogens with one attached hydrogen (secondary N) is 2. The Hall–Kier alpha value is -0.980. The van der Waals surface area contributed by atoms with Crippen molar-refractivity contribution < 1.29 is 9.53 Å². The zero-order chi connectivity index (χ0) is 19.6. The van der Waals surface area contributed by atoms with E-state index in [2.05, 4.69) is 32.4 Å². The molecule has 0 spiro atoms. The maximum absolute atomic E-state index is 11.8. The quantitative estimate of drug-likeness (QED) is 0.231. The third-order valence-corrected chi connectivity index (χ3v) is 5.47. The van der Waals surface area contributed by atoms with Gasteiger partial charge in [-0.15, -0.1) is 35.3 Å². The van der Waals surface area contributed by atoms with E-state index in [-0.39, 0.29) is 36.4 Å². The molecule has 1 aliphatic heterocycles. The minimum absolute atomic E-state index is 0. The maximum atomic E-state index is 11.8. The minimum atomic E-state index is -0.0228. The van der Waals surface area contributed by atoms with Gasteiger partial charge in [0.25, 0.3) is 0 Å². The van der Waals surface area contributed by atoms with Crippen LogP contribution in [0.5, 0.6) is 0 Å². The molecule has 1 aromatic rings. The standard InChI is InChI=1S/C18H32N6O2S.HI/c1-14-15(2)27-16(22-14)12-20-18(21-13-17(25)23(3)4)19-6-5-7-24-8-10-26-11-9-24;/h5-13H2,1-4H3,(H2,19,20,21);1H. The summed E-state index contributed by atoms with van der Waals surface area (Å²) in [4.78, 5) is 26.0. The average Bonchev–Trinajstić information content (AvgIpc) is 2.98. The molecule has 0 unspecified atom stereocenters. The molecule has 0 atom stereocenters. The molecule has 0 aromatic carbocycles. The van der Waals surface area contributed by atoms with E-state index in [1.54, 1.807) is 30.3 Å². The van der Waals surface area contributed by atoms with Gasteiger partial charge in [0.05, 0.1) is 25.5 Å². The number of halogens is 1. The molecule has 1 fully saturated rings. The highest BCUT2D eigenvalue weighted by Crippen LogP contribution is 2.15. The highest BCUT2D eigenvalue weighted by Gasteiger charge is 2.10. The van der Waals surface area contributed by atoms with Crippen LogP contribution in [0, 0.1) is 13.8 Å². The lowest BCUT2D eigenvalue weighted by Gasteiger charge is -2.26. The zero-order valence-electron chi connectivity index (χ0n) is 17.3. The number of likely N-dealkylation sites (N-methyl/N-ethyl adjacent to an activating group) is 1. The third-order valence-electron chi connectivity index (χ3n) is 4.40. The fraction of sp³-hybridized carbons (Fsp3) is 0.722. The molecule has 1 aromatic heterocycles. The smallest absolute Gasteiger partial charge is 0.243 e. The van der Waals surface area contributed by atoms with Gasteiger partial charge in [-0.3, -0.25) is 9.69 Å². The topological polar surface area (TPSA) is 82.1 Å². The van der Waals surface area contributed by atoms with Crippen LogP contribution in [-0.2, 0) is 16.1 Å². The van der Waals surface area contributed by atoms with Crippen molar-refractivity contribution >= 4 is 47.2 Å². The number of hydrogen-bond acceptors (Lipinski definition) is 6. The summed E-state index contributed by atoms with van der Waals surface area (Å²) in [7, 11) is 3.48. The van der Waals surface area contributed by atoms with Crippen molar-refractivity contribution in [1.82, 2.24) is 25.4 Å². The van der Waals surface area contributed by atoms with E-state index in [0.29, 0.717) is 12.5 Å². The van der Waals surface area contributed by atoms with E-state index in [1.807, 2.05) is 6.92 Å². The predicted molar refractivity (Wildman–Crippen MR) is 125 cm³/mol. The van der Waals surface area contributed by atoms with Crippen LogP contribution in [-0.4, -0.2) is 86.7 Å². The van der Waals surface area contributed by atoms with Crippen molar-refractivity contribution in [2.75, 3.05) is 60.0 Å². The molecule has 0 bridgehead atoms. The number of amides is 1. The molecule has 1 saturated heterocycles. The van der Waals surface area contributed by atoms with Crippen LogP contribution in [0.2, 0.25) is 0 Å². The first-order chi connectivity index (χ1) is 13.0. The Labute approximate surface area is 189 Å². The number of morpholine rings is 1. The number of thiazole rings is 1. The van der Waals surface area contributed by atoms with Crippen LogP contribution in [0.4, 0.5) is 0 Å². The number of aliphatic imine (C=N–C) groups is 1. The lowest BCUT2D eigenvalue weighted by molar-refractivity contribution is -0.127. The number of guanidine groups is 1. The number of carbonyl (C=O) groups is 1. The van der Waals surface area contributed by atoms with Crippen molar-refractivity contribution in [3.63, 3.8) is 0 Å². The number of nitrogens with zero attached hydrogens (tertiary/aromatic N) is 4. The Balaban J connectivity index is 0.00000392. The highest BCUT2D eigenvalue weighted by molar-refractivity contribution is 14.0. The van der Waals surface area contributed by atoms with Gasteiger partial charge in [-0.25, -0.2) is 9.98 Å². The third kappa shape index (κ3) is 9.01. The number of hydrogen-bond donors (Lipinski definition) is 2. The molecule has 10 heteroatoms. The Bertz CT molecular complexity index is 612. The van der Waals surface area contributed by atoms with Gasteiger partial charge in [-0.1, -0.05) is 0 Å². The molecule has 2 N–H and O–H groups in total. The lowest BCUT2D eigenvalue weighted by atomic mass is 10.3. The van der Waals surface area contributed by atoms with Gasteiger partial charge in [0.15, 0.2) is 5.96 Å². The largest absolute Gasteiger partial charge is 0.379 e. The normalized spacial score (nSPS) is 15.1. The zero-order valence-corrected chi connectivity index (χ0v) is 20.4. The first-order valence-electron chi connectivity index (χ1n) is 9.41. The first kappa shape index (κ1) is 25.1. The molecule has 0 radical (unpaired) electrons. The molecule has 1 amide bonds. The first-order valence-corrected chi connectivity index (χ1v) is 10.2. The summed E-state index contributed by atoms with van der Waals surface area (Å²) < 4.78 is 5.37. The van der Waals surface area contributed by atoms with Gasteiger partial charge < -0.3 is 20.3 Å².